The van der Waals surface area contributed by atoms with E-state index in [1.165, 1.54) is 0 Å². The first-order chi connectivity index (χ1) is 6.54. The predicted molar refractivity (Wildman–Crippen MR) is 45.0 cm³/mol. The van der Waals surface area contributed by atoms with E-state index in [0.717, 1.165) is 0 Å². The molecule has 0 aliphatic rings. The normalized spacial score (nSPS) is 11.6. The molecule has 0 unspecified atom stereocenters. The van der Waals surface area contributed by atoms with Gasteiger partial charge in [0.25, 0.3) is 5.92 Å². The number of carbonyl (C=O) groups excluding carboxylic acids is 2. The molecule has 0 N–H and O–H groups in total. The molecule has 0 aromatic heterocycles. The first-order valence-corrected chi connectivity index (χ1v) is 4.36. The third-order valence-corrected chi connectivity index (χ3v) is 1.36. The number of carboxylic acid groups (broad SMARTS) is 1. The molecule has 0 aliphatic carbocycles. The van der Waals surface area contributed by atoms with Gasteiger partial charge in [0.05, 0.1) is 6.42 Å². The third-order valence-electron chi connectivity index (χ3n) is 1.36. The Balaban J connectivity index is 0. The van der Waals surface area contributed by atoms with Crippen molar-refractivity contribution in [2.75, 3.05) is 0 Å². The second-order valence-electron chi connectivity index (χ2n) is 4.08. The Kier molecular flexibility index (Phi) is 6.90. The molecule has 4 nitrogen and oxygen atoms in total. The SMILES string of the molecule is CC(C)(C)OC(=O)CCC(F)(F)C(=O)[O-].[Li+]. The Bertz CT molecular complexity index is 261. The molecular weight excluding hydrogens is 217 g/mol. The number of carbonyl (C=O) groups is 2. The van der Waals surface area contributed by atoms with E-state index < -0.39 is 36.3 Å². The van der Waals surface area contributed by atoms with Gasteiger partial charge in [-0.1, -0.05) is 0 Å². The topological polar surface area (TPSA) is 66.4 Å². The molecule has 0 aliphatic heterocycles. The van der Waals surface area contributed by atoms with E-state index in [1.807, 2.05) is 0 Å². The van der Waals surface area contributed by atoms with Crippen LogP contribution < -0.4 is 24.0 Å². The van der Waals surface area contributed by atoms with Gasteiger partial charge in [-0.25, -0.2) is 0 Å². The minimum atomic E-state index is -3.99. The molecule has 0 aromatic rings. The molecule has 88 valence electrons. The number of aliphatic carboxylic acids is 1. The van der Waals surface area contributed by atoms with Crippen LogP contribution in [0, 0.1) is 0 Å². The van der Waals surface area contributed by atoms with Crippen LogP contribution in [-0.4, -0.2) is 23.5 Å². The third kappa shape index (κ3) is 7.66. The monoisotopic (exact) mass is 230 g/mol. The van der Waals surface area contributed by atoms with Crippen molar-refractivity contribution in [3.63, 3.8) is 0 Å². The first-order valence-electron chi connectivity index (χ1n) is 4.36. The summed E-state index contributed by atoms with van der Waals surface area (Å²) in [7, 11) is 0. The van der Waals surface area contributed by atoms with Crippen molar-refractivity contribution < 1.29 is 47.1 Å². The van der Waals surface area contributed by atoms with E-state index in [-0.39, 0.29) is 18.9 Å². The summed E-state index contributed by atoms with van der Waals surface area (Å²) in [4.78, 5) is 20.9. The number of hydrogen-bond acceptors (Lipinski definition) is 4. The fraction of sp³-hybridized carbons (Fsp3) is 0.778. The van der Waals surface area contributed by atoms with E-state index >= 15 is 0 Å². The fourth-order valence-corrected chi connectivity index (χ4v) is 0.754. The van der Waals surface area contributed by atoms with E-state index in [9.17, 15) is 23.5 Å². The van der Waals surface area contributed by atoms with Crippen molar-refractivity contribution >= 4 is 11.9 Å². The van der Waals surface area contributed by atoms with Crippen molar-refractivity contribution in [2.24, 2.45) is 0 Å². The zero-order valence-electron chi connectivity index (χ0n) is 9.80. The summed E-state index contributed by atoms with van der Waals surface area (Å²) in [6.45, 7) is 4.76. The van der Waals surface area contributed by atoms with Gasteiger partial charge >= 0.3 is 24.8 Å². The molecule has 0 spiro atoms. The fourth-order valence-electron chi connectivity index (χ4n) is 0.754. The average Bonchev–Trinajstić information content (AvgIpc) is 1.97. The molecule has 0 saturated heterocycles. The average molecular weight is 230 g/mol. The molecule has 16 heavy (non-hydrogen) atoms. The molecule has 0 bridgehead atoms. The summed E-state index contributed by atoms with van der Waals surface area (Å²) in [5.41, 5.74) is -0.770. The van der Waals surface area contributed by atoms with E-state index in [0.29, 0.717) is 0 Å². The van der Waals surface area contributed by atoms with Crippen LogP contribution >= 0.6 is 0 Å². The summed E-state index contributed by atoms with van der Waals surface area (Å²) in [5.74, 6) is -7.33. The maximum absolute atomic E-state index is 12.5. The molecule has 0 saturated carbocycles. The summed E-state index contributed by atoms with van der Waals surface area (Å²) < 4.78 is 29.7. The van der Waals surface area contributed by atoms with E-state index in [1.54, 1.807) is 20.8 Å². The van der Waals surface area contributed by atoms with E-state index in [2.05, 4.69) is 0 Å². The number of ether oxygens (including phenoxy) is 1. The maximum Gasteiger partial charge on any atom is 1.00 e. The molecule has 0 heterocycles. The molecular formula is C9H13F2LiO4. The van der Waals surface area contributed by atoms with Gasteiger partial charge in [0.2, 0.25) is 0 Å². The van der Waals surface area contributed by atoms with Crippen molar-refractivity contribution in [1.29, 1.82) is 0 Å². The van der Waals surface area contributed by atoms with Crippen molar-refractivity contribution in [3.8, 4) is 0 Å². The summed E-state index contributed by atoms with van der Waals surface area (Å²) in [6.07, 6.45) is -1.76. The smallest absolute Gasteiger partial charge is 0.544 e. The van der Waals surface area contributed by atoms with Gasteiger partial charge in [-0.2, -0.15) is 8.78 Å². The van der Waals surface area contributed by atoms with Crippen molar-refractivity contribution in [3.05, 3.63) is 0 Å². The van der Waals surface area contributed by atoms with Gasteiger partial charge in [-0.05, 0) is 20.8 Å². The number of rotatable bonds is 4. The Hall–Kier alpha value is -0.603. The number of alkyl halides is 2. The van der Waals surface area contributed by atoms with Gasteiger partial charge < -0.3 is 14.6 Å². The molecule has 0 atom stereocenters. The zero-order valence-corrected chi connectivity index (χ0v) is 9.80. The molecule has 0 radical (unpaired) electrons. The van der Waals surface area contributed by atoms with Crippen LogP contribution in [0.4, 0.5) is 8.78 Å². The number of carboxylic acids is 1. The Labute approximate surface area is 105 Å². The number of esters is 1. The minimum Gasteiger partial charge on any atom is -0.544 e. The molecule has 0 fully saturated rings. The van der Waals surface area contributed by atoms with Gasteiger partial charge in [0, 0.05) is 6.42 Å². The van der Waals surface area contributed by atoms with Gasteiger partial charge in [-0.3, -0.25) is 4.79 Å². The van der Waals surface area contributed by atoms with Crippen LogP contribution in [0.15, 0.2) is 0 Å². The minimum absolute atomic E-state index is 0. The van der Waals surface area contributed by atoms with Gasteiger partial charge in [0.1, 0.15) is 11.6 Å². The summed E-state index contributed by atoms with van der Waals surface area (Å²) in [5, 5.41) is 9.91. The van der Waals surface area contributed by atoms with Crippen LogP contribution in [-0.2, 0) is 14.3 Å². The second kappa shape index (κ2) is 6.21. The van der Waals surface area contributed by atoms with Gasteiger partial charge in [0.15, 0.2) is 0 Å². The van der Waals surface area contributed by atoms with Crippen LogP contribution in [0.2, 0.25) is 0 Å². The summed E-state index contributed by atoms with van der Waals surface area (Å²) >= 11 is 0. The summed E-state index contributed by atoms with van der Waals surface area (Å²) in [6, 6.07) is 0. The zero-order chi connectivity index (χ0) is 12.3. The molecule has 0 rings (SSSR count). The van der Waals surface area contributed by atoms with E-state index in [4.69, 9.17) is 4.74 Å². The largest absolute Gasteiger partial charge is 1.00 e. The number of hydrogen-bond donors (Lipinski definition) is 0. The van der Waals surface area contributed by atoms with Gasteiger partial charge in [-0.15, -0.1) is 0 Å². The maximum atomic E-state index is 12.5. The van der Waals surface area contributed by atoms with Crippen molar-refractivity contribution in [1.82, 2.24) is 0 Å². The number of halogens is 2. The molecule has 0 amide bonds. The Morgan fingerprint density at radius 3 is 2.00 bits per heavy atom. The van der Waals surface area contributed by atoms with Crippen LogP contribution in [0.25, 0.3) is 0 Å². The second-order valence-corrected chi connectivity index (χ2v) is 4.08. The van der Waals surface area contributed by atoms with Crippen LogP contribution in [0.5, 0.6) is 0 Å². The van der Waals surface area contributed by atoms with Crippen LogP contribution in [0.1, 0.15) is 33.6 Å². The standard InChI is InChI=1S/C9H14F2O4.Li/c1-8(2,3)15-6(12)4-5-9(10,11)7(13)14;/h4-5H2,1-3H3,(H,13,14);/q;+1/p-1. The van der Waals surface area contributed by atoms with Crippen LogP contribution in [0.3, 0.4) is 0 Å². The molecule has 0 aromatic carbocycles. The Morgan fingerprint density at radius 1 is 1.25 bits per heavy atom. The Morgan fingerprint density at radius 2 is 1.69 bits per heavy atom. The quantitative estimate of drug-likeness (QED) is 0.395. The predicted octanol–water partition coefficient (Wildman–Crippen LogP) is -2.50. The molecule has 7 heteroatoms. The van der Waals surface area contributed by atoms with Crippen molar-refractivity contribution in [2.45, 2.75) is 45.1 Å². The first kappa shape index (κ1) is 17.8.